The average Bonchev–Trinajstić information content (AvgIpc) is 3.53. The lowest BCUT2D eigenvalue weighted by molar-refractivity contribution is -0.136. The Bertz CT molecular complexity index is 1820. The average molecular weight is 633 g/mol. The first-order valence-electron chi connectivity index (χ1n) is 15.3. The number of aliphatic carboxylic acids is 1. The molecule has 2 N–H and O–H groups in total. The molecule has 0 spiro atoms. The Hall–Kier alpha value is -4.94. The lowest BCUT2D eigenvalue weighted by Crippen LogP contribution is -2.25. The molecule has 0 aliphatic carbocycles. The van der Waals surface area contributed by atoms with E-state index in [4.69, 9.17) is 21.2 Å². The van der Waals surface area contributed by atoms with E-state index in [9.17, 15) is 9.59 Å². The van der Waals surface area contributed by atoms with Crippen molar-refractivity contribution in [2.45, 2.75) is 39.5 Å². The van der Waals surface area contributed by atoms with Crippen LogP contribution in [0.4, 0.5) is 0 Å². The predicted molar refractivity (Wildman–Crippen MR) is 184 cm³/mol. The van der Waals surface area contributed by atoms with E-state index in [1.807, 2.05) is 54.6 Å². The molecule has 1 atom stereocenters. The van der Waals surface area contributed by atoms with Crippen molar-refractivity contribution in [3.63, 3.8) is 0 Å². The van der Waals surface area contributed by atoms with E-state index in [0.717, 1.165) is 39.1 Å². The van der Waals surface area contributed by atoms with Gasteiger partial charge in [-0.3, -0.25) is 9.59 Å². The molecule has 1 unspecified atom stereocenters. The highest BCUT2D eigenvalue weighted by Gasteiger charge is 2.21. The topological polar surface area (TPSA) is 92.4 Å². The van der Waals surface area contributed by atoms with Crippen molar-refractivity contribution in [1.82, 2.24) is 10.5 Å². The molecule has 0 radical (unpaired) electrons. The Labute approximate surface area is 274 Å². The third kappa shape index (κ3) is 8.83. The fraction of sp³-hybridized carbons (Fsp3) is 0.205. The number of rotatable bonds is 11. The van der Waals surface area contributed by atoms with Crippen LogP contribution >= 0.6 is 11.6 Å². The number of aromatic nitrogens is 1. The van der Waals surface area contributed by atoms with Gasteiger partial charge >= 0.3 is 5.97 Å². The van der Waals surface area contributed by atoms with Gasteiger partial charge in [0, 0.05) is 34.7 Å². The van der Waals surface area contributed by atoms with Crippen LogP contribution in [0.25, 0.3) is 28.5 Å². The Morgan fingerprint density at radius 1 is 0.891 bits per heavy atom. The largest absolute Gasteiger partial charge is 0.481 e. The fourth-order valence-electron chi connectivity index (χ4n) is 5.08. The minimum Gasteiger partial charge on any atom is -0.481 e. The first-order valence-corrected chi connectivity index (χ1v) is 15.6. The van der Waals surface area contributed by atoms with Crippen LogP contribution in [0.15, 0.2) is 114 Å². The third-order valence-corrected chi connectivity index (χ3v) is 7.86. The molecule has 6 nitrogen and oxygen atoms in total. The van der Waals surface area contributed by atoms with Gasteiger partial charge in [-0.2, -0.15) is 0 Å². The Kier molecular flexibility index (Phi) is 10.2. The van der Waals surface area contributed by atoms with Gasteiger partial charge in [-0.25, -0.2) is 0 Å². The summed E-state index contributed by atoms with van der Waals surface area (Å²) in [6.07, 6.45) is 4.85. The van der Waals surface area contributed by atoms with Crippen LogP contribution in [-0.4, -0.2) is 28.7 Å². The van der Waals surface area contributed by atoms with Crippen molar-refractivity contribution in [2.24, 2.45) is 5.41 Å². The number of carbonyl (C=O) groups is 2. The smallest absolute Gasteiger partial charge is 0.305 e. The van der Waals surface area contributed by atoms with Gasteiger partial charge in [0.25, 0.3) is 5.91 Å². The van der Waals surface area contributed by atoms with E-state index in [-0.39, 0.29) is 30.2 Å². The number of carbonyl (C=O) groups excluding carboxylic acids is 1. The molecule has 0 fully saturated rings. The molecule has 46 heavy (non-hydrogen) atoms. The van der Waals surface area contributed by atoms with E-state index in [2.05, 4.69) is 79.8 Å². The number of halogens is 1. The van der Waals surface area contributed by atoms with E-state index in [1.165, 1.54) is 0 Å². The molecule has 234 valence electrons. The lowest BCUT2D eigenvalue weighted by Gasteiger charge is -2.16. The number of carboxylic acid groups (broad SMARTS) is 1. The summed E-state index contributed by atoms with van der Waals surface area (Å²) < 4.78 is 5.93. The van der Waals surface area contributed by atoms with E-state index in [0.29, 0.717) is 22.8 Å². The highest BCUT2D eigenvalue weighted by Crippen LogP contribution is 2.33. The summed E-state index contributed by atoms with van der Waals surface area (Å²) in [5.41, 5.74) is 7.64. The van der Waals surface area contributed by atoms with Gasteiger partial charge in [-0.05, 0) is 70.0 Å². The number of nitrogens with one attached hydrogen (secondary N) is 1. The predicted octanol–water partition coefficient (Wildman–Crippen LogP) is 9.30. The second kappa shape index (κ2) is 14.4. The van der Waals surface area contributed by atoms with Crippen LogP contribution in [0.2, 0.25) is 5.02 Å². The summed E-state index contributed by atoms with van der Waals surface area (Å²) in [5.74, 6) is -0.683. The normalized spacial score (nSPS) is 12.3. The molecule has 0 saturated heterocycles. The van der Waals surface area contributed by atoms with Crippen LogP contribution in [0.1, 0.15) is 65.9 Å². The second-order valence-corrected chi connectivity index (χ2v) is 12.9. The number of benzene rings is 4. The Morgan fingerprint density at radius 3 is 2.26 bits per heavy atom. The quantitative estimate of drug-likeness (QED) is 0.151. The zero-order valence-electron chi connectivity index (χ0n) is 26.2. The first kappa shape index (κ1) is 32.5. The molecule has 0 saturated carbocycles. The summed E-state index contributed by atoms with van der Waals surface area (Å²) in [7, 11) is 0. The number of hydrogen-bond acceptors (Lipinski definition) is 4. The number of nitrogens with zero attached hydrogens (tertiary/aromatic N) is 1. The van der Waals surface area contributed by atoms with Gasteiger partial charge in [0.05, 0.1) is 12.1 Å². The number of carboxylic acids is 1. The van der Waals surface area contributed by atoms with Gasteiger partial charge in [0.15, 0.2) is 5.76 Å². The van der Waals surface area contributed by atoms with Gasteiger partial charge in [-0.1, -0.05) is 116 Å². The summed E-state index contributed by atoms with van der Waals surface area (Å²) in [6, 6.07) is 33.8. The molecule has 1 heterocycles. The van der Waals surface area contributed by atoms with Crippen LogP contribution in [0, 0.1) is 5.41 Å². The van der Waals surface area contributed by atoms with Crippen LogP contribution in [0.3, 0.4) is 0 Å². The van der Waals surface area contributed by atoms with Crippen molar-refractivity contribution in [3.8, 4) is 22.5 Å². The highest BCUT2D eigenvalue weighted by molar-refractivity contribution is 6.30. The molecule has 0 aliphatic rings. The fourth-order valence-corrected chi connectivity index (χ4v) is 5.20. The van der Waals surface area contributed by atoms with Crippen molar-refractivity contribution in [3.05, 3.63) is 142 Å². The van der Waals surface area contributed by atoms with E-state index >= 15 is 0 Å². The SMILES string of the molecule is CC(C)(C)C=Cc1ccc(C(Cc2ccc(C(=O)NCCC(=O)O)cc2)c2cc(-c3cccc(-c4ccc(Cl)cc4)c3)on2)cc1. The molecule has 5 aromatic rings. The zero-order chi connectivity index (χ0) is 32.7. The molecule has 1 amide bonds. The standard InChI is InChI=1S/C39H37ClN2O4/c1-39(2,3)21-19-26-7-11-29(12-8-26)34(23-27-9-13-30(14-10-27)38(45)41-22-20-37(43)44)35-25-36(46-42-35)32-6-4-5-31(24-32)28-15-17-33(40)18-16-28/h4-19,21,24-25,34H,20,22-23H2,1-3H3,(H,41,45)(H,43,44). The number of allylic oxidation sites excluding steroid dienone is 1. The second-order valence-electron chi connectivity index (χ2n) is 12.4. The molecule has 4 aromatic carbocycles. The maximum atomic E-state index is 12.5. The summed E-state index contributed by atoms with van der Waals surface area (Å²) in [4.78, 5) is 23.3. The van der Waals surface area contributed by atoms with Crippen molar-refractivity contribution >= 4 is 29.6 Å². The molecule has 1 aromatic heterocycles. The molecule has 0 bridgehead atoms. The lowest BCUT2D eigenvalue weighted by atomic mass is 9.88. The maximum absolute atomic E-state index is 12.5. The summed E-state index contributed by atoms with van der Waals surface area (Å²) in [6.45, 7) is 6.60. The molecule has 0 aliphatic heterocycles. The van der Waals surface area contributed by atoms with Crippen LogP contribution < -0.4 is 5.32 Å². The van der Waals surface area contributed by atoms with Gasteiger partial charge in [0.2, 0.25) is 0 Å². The maximum Gasteiger partial charge on any atom is 0.305 e. The van der Waals surface area contributed by atoms with Crippen molar-refractivity contribution in [2.75, 3.05) is 6.54 Å². The minimum atomic E-state index is -0.953. The van der Waals surface area contributed by atoms with Gasteiger partial charge in [0.1, 0.15) is 0 Å². The summed E-state index contributed by atoms with van der Waals surface area (Å²) >= 11 is 6.10. The van der Waals surface area contributed by atoms with E-state index < -0.39 is 5.97 Å². The highest BCUT2D eigenvalue weighted by atomic mass is 35.5. The number of amides is 1. The monoisotopic (exact) mass is 632 g/mol. The Balaban J connectivity index is 1.42. The first-order chi connectivity index (χ1) is 22.0. The van der Waals surface area contributed by atoms with Gasteiger partial charge in [-0.15, -0.1) is 0 Å². The Morgan fingerprint density at radius 2 is 1.59 bits per heavy atom. The number of hydrogen-bond donors (Lipinski definition) is 2. The van der Waals surface area contributed by atoms with Crippen molar-refractivity contribution in [1.29, 1.82) is 0 Å². The molecule has 7 heteroatoms. The third-order valence-electron chi connectivity index (χ3n) is 7.61. The van der Waals surface area contributed by atoms with E-state index in [1.54, 1.807) is 12.1 Å². The molecular weight excluding hydrogens is 596 g/mol. The van der Waals surface area contributed by atoms with Crippen LogP contribution in [-0.2, 0) is 11.2 Å². The van der Waals surface area contributed by atoms with Crippen LogP contribution in [0.5, 0.6) is 0 Å². The van der Waals surface area contributed by atoms with Gasteiger partial charge < -0.3 is 14.9 Å². The minimum absolute atomic E-state index is 0.0794. The molecular formula is C39H37ClN2O4. The summed E-state index contributed by atoms with van der Waals surface area (Å²) in [5, 5.41) is 16.7. The zero-order valence-corrected chi connectivity index (χ0v) is 26.9. The van der Waals surface area contributed by atoms with Crippen molar-refractivity contribution < 1.29 is 19.2 Å². The molecule has 5 rings (SSSR count).